The van der Waals surface area contributed by atoms with E-state index in [-0.39, 0.29) is 23.6 Å². The predicted molar refractivity (Wildman–Crippen MR) is 124 cm³/mol. The normalized spacial score (nSPS) is 17.6. The van der Waals surface area contributed by atoms with E-state index in [1.807, 2.05) is 23.1 Å². The number of carbonyl (C=O) groups is 3. The van der Waals surface area contributed by atoms with Crippen molar-refractivity contribution in [2.75, 3.05) is 18.4 Å². The lowest BCUT2D eigenvalue weighted by molar-refractivity contribution is -0.127. The third-order valence-corrected chi connectivity index (χ3v) is 6.51. The molecular formula is C26H31N3O3. The quantitative estimate of drug-likeness (QED) is 0.740. The zero-order valence-electron chi connectivity index (χ0n) is 18.4. The van der Waals surface area contributed by atoms with Gasteiger partial charge in [-0.05, 0) is 56.0 Å². The summed E-state index contributed by atoms with van der Waals surface area (Å²) in [6.07, 6.45) is 7.21. The molecule has 2 aromatic carbocycles. The summed E-state index contributed by atoms with van der Waals surface area (Å²) in [5.41, 5.74) is 1.70. The molecule has 2 N–H and O–H groups in total. The SMILES string of the molecule is O=C(Nc1cccc(C(=O)N2CCC(C(=O)NC3CCCCC3)CC2)c1)c1ccccc1. The van der Waals surface area contributed by atoms with Gasteiger partial charge in [-0.15, -0.1) is 0 Å². The Morgan fingerprint density at radius 1 is 0.781 bits per heavy atom. The van der Waals surface area contributed by atoms with Crippen LogP contribution in [0.5, 0.6) is 0 Å². The molecule has 1 saturated heterocycles. The Morgan fingerprint density at radius 3 is 2.19 bits per heavy atom. The Labute approximate surface area is 189 Å². The lowest BCUT2D eigenvalue weighted by Crippen LogP contribution is -2.45. The van der Waals surface area contributed by atoms with Crippen LogP contribution >= 0.6 is 0 Å². The Hall–Kier alpha value is -3.15. The number of benzene rings is 2. The van der Waals surface area contributed by atoms with Crippen LogP contribution in [0.3, 0.4) is 0 Å². The Kier molecular flexibility index (Phi) is 7.20. The van der Waals surface area contributed by atoms with Gasteiger partial charge in [-0.25, -0.2) is 0 Å². The number of amides is 3. The highest BCUT2D eigenvalue weighted by atomic mass is 16.2. The van der Waals surface area contributed by atoms with Gasteiger partial charge >= 0.3 is 0 Å². The third-order valence-electron chi connectivity index (χ3n) is 6.51. The predicted octanol–water partition coefficient (Wildman–Crippen LogP) is 4.24. The lowest BCUT2D eigenvalue weighted by atomic mass is 9.92. The zero-order chi connectivity index (χ0) is 22.3. The van der Waals surface area contributed by atoms with Crippen LogP contribution in [0, 0.1) is 5.92 Å². The first-order valence-electron chi connectivity index (χ1n) is 11.7. The van der Waals surface area contributed by atoms with Gasteiger partial charge < -0.3 is 15.5 Å². The molecule has 1 heterocycles. The molecular weight excluding hydrogens is 402 g/mol. The fourth-order valence-corrected chi connectivity index (χ4v) is 4.62. The van der Waals surface area contributed by atoms with Gasteiger partial charge in [-0.2, -0.15) is 0 Å². The van der Waals surface area contributed by atoms with Gasteiger partial charge in [0.1, 0.15) is 0 Å². The van der Waals surface area contributed by atoms with Gasteiger partial charge in [0.2, 0.25) is 5.91 Å². The molecule has 1 saturated carbocycles. The van der Waals surface area contributed by atoms with Gasteiger partial charge in [-0.3, -0.25) is 14.4 Å². The number of anilines is 1. The van der Waals surface area contributed by atoms with Gasteiger partial charge in [-0.1, -0.05) is 43.5 Å². The summed E-state index contributed by atoms with van der Waals surface area (Å²) in [4.78, 5) is 39.8. The second kappa shape index (κ2) is 10.4. The highest BCUT2D eigenvalue weighted by Gasteiger charge is 2.29. The third kappa shape index (κ3) is 5.55. The summed E-state index contributed by atoms with van der Waals surface area (Å²) in [6, 6.07) is 16.3. The van der Waals surface area contributed by atoms with Crippen molar-refractivity contribution >= 4 is 23.4 Å². The van der Waals surface area contributed by atoms with Crippen molar-refractivity contribution in [3.05, 3.63) is 65.7 Å². The molecule has 0 atom stereocenters. The van der Waals surface area contributed by atoms with Crippen molar-refractivity contribution in [2.24, 2.45) is 5.92 Å². The molecule has 0 bridgehead atoms. The van der Waals surface area contributed by atoms with E-state index in [9.17, 15) is 14.4 Å². The maximum Gasteiger partial charge on any atom is 0.255 e. The molecule has 3 amide bonds. The highest BCUT2D eigenvalue weighted by Crippen LogP contribution is 2.23. The molecule has 0 aromatic heterocycles. The van der Waals surface area contributed by atoms with Gasteiger partial charge in [0.15, 0.2) is 0 Å². The minimum atomic E-state index is -0.208. The molecule has 0 radical (unpaired) electrons. The average Bonchev–Trinajstić information content (AvgIpc) is 2.85. The first-order chi connectivity index (χ1) is 15.6. The summed E-state index contributed by atoms with van der Waals surface area (Å²) in [7, 11) is 0. The minimum Gasteiger partial charge on any atom is -0.353 e. The number of hydrogen-bond donors (Lipinski definition) is 2. The van der Waals surface area contributed by atoms with E-state index >= 15 is 0 Å². The number of piperidine rings is 1. The lowest BCUT2D eigenvalue weighted by Gasteiger charge is -2.33. The number of nitrogens with zero attached hydrogens (tertiary/aromatic N) is 1. The number of likely N-dealkylation sites (tertiary alicyclic amines) is 1. The van der Waals surface area contributed by atoms with Crippen LogP contribution in [-0.4, -0.2) is 41.8 Å². The monoisotopic (exact) mass is 433 g/mol. The summed E-state index contributed by atoms with van der Waals surface area (Å²) in [5.74, 6) is -0.140. The number of hydrogen-bond acceptors (Lipinski definition) is 3. The van der Waals surface area contributed by atoms with E-state index in [0.717, 1.165) is 12.8 Å². The summed E-state index contributed by atoms with van der Waals surface area (Å²) < 4.78 is 0. The first-order valence-corrected chi connectivity index (χ1v) is 11.7. The Morgan fingerprint density at radius 2 is 1.47 bits per heavy atom. The van der Waals surface area contributed by atoms with Crippen molar-refractivity contribution in [3.8, 4) is 0 Å². The van der Waals surface area contributed by atoms with Crippen LogP contribution in [0.15, 0.2) is 54.6 Å². The largest absolute Gasteiger partial charge is 0.353 e. The van der Waals surface area contributed by atoms with Crippen molar-refractivity contribution in [3.63, 3.8) is 0 Å². The van der Waals surface area contributed by atoms with E-state index < -0.39 is 0 Å². The molecule has 168 valence electrons. The molecule has 2 aromatic rings. The maximum atomic E-state index is 13.0. The standard InChI is InChI=1S/C26H31N3O3/c30-24(19-8-3-1-4-9-19)28-23-13-7-10-21(18-23)26(32)29-16-14-20(15-17-29)25(31)27-22-11-5-2-6-12-22/h1,3-4,7-10,13,18,20,22H,2,5-6,11-12,14-17H2,(H,27,31)(H,28,30). The van der Waals surface area contributed by atoms with Crippen LogP contribution in [0.1, 0.15) is 65.7 Å². The van der Waals surface area contributed by atoms with E-state index in [0.29, 0.717) is 48.8 Å². The van der Waals surface area contributed by atoms with Crippen LogP contribution in [0.2, 0.25) is 0 Å². The summed E-state index contributed by atoms with van der Waals surface area (Å²) >= 11 is 0. The van der Waals surface area contributed by atoms with Gasteiger partial charge in [0.25, 0.3) is 11.8 Å². The van der Waals surface area contributed by atoms with E-state index in [1.165, 1.54) is 19.3 Å². The van der Waals surface area contributed by atoms with Crippen LogP contribution < -0.4 is 10.6 Å². The smallest absolute Gasteiger partial charge is 0.255 e. The summed E-state index contributed by atoms with van der Waals surface area (Å²) in [6.45, 7) is 1.14. The molecule has 6 nitrogen and oxygen atoms in total. The maximum absolute atomic E-state index is 13.0. The molecule has 32 heavy (non-hydrogen) atoms. The minimum absolute atomic E-state index is 0.0162. The van der Waals surface area contributed by atoms with Gasteiger partial charge in [0.05, 0.1) is 0 Å². The van der Waals surface area contributed by atoms with E-state index in [4.69, 9.17) is 0 Å². The molecule has 1 aliphatic carbocycles. The fourth-order valence-electron chi connectivity index (χ4n) is 4.62. The molecule has 4 rings (SSSR count). The molecule has 1 aliphatic heterocycles. The second-order valence-corrected chi connectivity index (χ2v) is 8.81. The molecule has 0 unspecified atom stereocenters. The first kappa shape index (κ1) is 22.1. The molecule has 2 aliphatic rings. The van der Waals surface area contributed by atoms with E-state index in [1.54, 1.807) is 36.4 Å². The van der Waals surface area contributed by atoms with Crippen molar-refractivity contribution in [1.82, 2.24) is 10.2 Å². The van der Waals surface area contributed by atoms with Crippen LogP contribution in [-0.2, 0) is 4.79 Å². The van der Waals surface area contributed by atoms with Crippen LogP contribution in [0.25, 0.3) is 0 Å². The fraction of sp³-hybridized carbons (Fsp3) is 0.423. The van der Waals surface area contributed by atoms with Gasteiger partial charge in [0, 0.05) is 41.9 Å². The van der Waals surface area contributed by atoms with Crippen molar-refractivity contribution in [2.45, 2.75) is 51.0 Å². The van der Waals surface area contributed by atoms with Crippen molar-refractivity contribution in [1.29, 1.82) is 0 Å². The number of nitrogens with one attached hydrogen (secondary N) is 2. The molecule has 0 spiro atoms. The van der Waals surface area contributed by atoms with Crippen LogP contribution in [0.4, 0.5) is 5.69 Å². The van der Waals surface area contributed by atoms with E-state index in [2.05, 4.69) is 10.6 Å². The summed E-state index contributed by atoms with van der Waals surface area (Å²) in [5, 5.41) is 6.08. The second-order valence-electron chi connectivity index (χ2n) is 8.81. The average molecular weight is 434 g/mol. The number of rotatable bonds is 5. The zero-order valence-corrected chi connectivity index (χ0v) is 18.4. The molecule has 2 fully saturated rings. The molecule has 6 heteroatoms. The Balaban J connectivity index is 1.30. The topological polar surface area (TPSA) is 78.5 Å². The van der Waals surface area contributed by atoms with Crippen molar-refractivity contribution < 1.29 is 14.4 Å². The Bertz CT molecular complexity index is 946. The highest BCUT2D eigenvalue weighted by molar-refractivity contribution is 6.05. The number of carbonyl (C=O) groups excluding carboxylic acids is 3.